The Hall–Kier alpha value is -2.28. The Morgan fingerprint density at radius 2 is 1.72 bits per heavy atom. The molecule has 4 rings (SSSR count). The van der Waals surface area contributed by atoms with Crippen LogP contribution < -0.4 is 10.2 Å². The van der Waals surface area contributed by atoms with E-state index in [0.717, 1.165) is 55.4 Å². The van der Waals surface area contributed by atoms with Crippen molar-refractivity contribution in [1.29, 1.82) is 0 Å². The lowest BCUT2D eigenvalue weighted by Crippen LogP contribution is -2.40. The van der Waals surface area contributed by atoms with Gasteiger partial charge in [0.25, 0.3) is 0 Å². The van der Waals surface area contributed by atoms with Gasteiger partial charge in [0, 0.05) is 52.5 Å². The minimum absolute atomic E-state index is 0. The van der Waals surface area contributed by atoms with Crippen LogP contribution in [0.1, 0.15) is 27.2 Å². The molecule has 0 bridgehead atoms. The van der Waals surface area contributed by atoms with Crippen LogP contribution in [0.25, 0.3) is 0 Å². The van der Waals surface area contributed by atoms with Gasteiger partial charge in [-0.25, -0.2) is 4.79 Å². The zero-order chi connectivity index (χ0) is 22.7. The van der Waals surface area contributed by atoms with E-state index in [1.54, 1.807) is 7.11 Å². The van der Waals surface area contributed by atoms with E-state index in [9.17, 15) is 4.79 Å². The Morgan fingerprint density at radius 1 is 1.06 bits per heavy atom. The number of hydrogen-bond acceptors (Lipinski definition) is 4. The topological polar surface area (TPSA) is 48.1 Å². The summed E-state index contributed by atoms with van der Waals surface area (Å²) in [5, 5.41) is 3.82. The van der Waals surface area contributed by atoms with Crippen LogP contribution in [0.2, 0.25) is 5.02 Å². The zero-order valence-electron chi connectivity index (χ0n) is 19.1. The second-order valence-electron chi connectivity index (χ2n) is 9.00. The van der Waals surface area contributed by atoms with Crippen LogP contribution in [0.4, 0.5) is 16.2 Å². The van der Waals surface area contributed by atoms with Crippen molar-refractivity contribution in [3.8, 4) is 0 Å². The number of carbonyl (C=O) groups excluding carboxylic acids is 1. The second kappa shape index (κ2) is 10.1. The summed E-state index contributed by atoms with van der Waals surface area (Å²) in [6, 6.07) is 16.5. The molecular formula is C25H37ClN4O2. The highest BCUT2D eigenvalue weighted by atomic mass is 35.5. The van der Waals surface area contributed by atoms with Crippen molar-refractivity contribution in [2.24, 2.45) is 0 Å². The Bertz CT molecular complexity index is 906. The van der Waals surface area contributed by atoms with Gasteiger partial charge in [-0.05, 0) is 74.8 Å². The van der Waals surface area contributed by atoms with Gasteiger partial charge in [-0.2, -0.15) is 0 Å². The summed E-state index contributed by atoms with van der Waals surface area (Å²) >= 11 is 6.00. The van der Waals surface area contributed by atoms with Crippen LogP contribution in [0.15, 0.2) is 48.5 Å². The van der Waals surface area contributed by atoms with Gasteiger partial charge in [0.15, 0.2) is 0 Å². The molecule has 2 amide bonds. The average molecular weight is 461 g/mol. The maximum Gasteiger partial charge on any atom is 0.321 e. The lowest BCUT2D eigenvalue weighted by atomic mass is 9.89. The number of urea groups is 1. The molecule has 2 aliphatic rings. The Balaban J connectivity index is 0.00000204. The molecule has 2 atom stereocenters. The lowest BCUT2D eigenvalue weighted by molar-refractivity contribution is 0.0639. The summed E-state index contributed by atoms with van der Waals surface area (Å²) in [6.45, 7) is 3.32. The highest BCUT2D eigenvalue weighted by molar-refractivity contribution is 6.30. The average Bonchev–Trinajstić information content (AvgIpc) is 3.25. The molecule has 7 heteroatoms. The predicted octanol–water partition coefficient (Wildman–Crippen LogP) is 5.01. The Kier molecular flexibility index (Phi) is 7.23. The lowest BCUT2D eigenvalue weighted by Gasteiger charge is -2.32. The van der Waals surface area contributed by atoms with Crippen molar-refractivity contribution in [1.82, 2.24) is 9.80 Å². The van der Waals surface area contributed by atoms with Gasteiger partial charge in [0.2, 0.25) is 0 Å². The molecule has 2 fully saturated rings. The van der Waals surface area contributed by atoms with E-state index in [-0.39, 0.29) is 15.0 Å². The van der Waals surface area contributed by atoms with Gasteiger partial charge in [0.05, 0.1) is 12.1 Å². The quantitative estimate of drug-likeness (QED) is 0.681. The minimum atomic E-state index is -0.0272. The maximum atomic E-state index is 12.8. The number of halogens is 1. The number of carbonyl (C=O) groups is 1. The van der Waals surface area contributed by atoms with Crippen LogP contribution in [-0.4, -0.2) is 75.4 Å². The number of nitrogens with one attached hydrogen (secondary N) is 1. The van der Waals surface area contributed by atoms with E-state index in [1.807, 2.05) is 29.2 Å². The van der Waals surface area contributed by atoms with Crippen molar-refractivity contribution in [3.63, 3.8) is 0 Å². The third-order valence-electron chi connectivity index (χ3n) is 6.81. The van der Waals surface area contributed by atoms with E-state index in [4.69, 9.17) is 16.3 Å². The predicted molar refractivity (Wildman–Crippen MR) is 135 cm³/mol. The number of ether oxygens (including phenoxy) is 1. The molecule has 0 radical (unpaired) electrons. The number of piperidine rings is 1. The van der Waals surface area contributed by atoms with Crippen molar-refractivity contribution in [2.45, 2.75) is 30.9 Å². The number of methoxy groups -OCH3 is 1. The fraction of sp³-hybridized carbons (Fsp3) is 0.480. The molecule has 32 heavy (non-hydrogen) atoms. The van der Waals surface area contributed by atoms with Crippen molar-refractivity contribution in [3.05, 3.63) is 59.1 Å². The van der Waals surface area contributed by atoms with E-state index >= 15 is 0 Å². The molecule has 0 aliphatic carbocycles. The standard InChI is InChI=1S/C25H33ClN4O2.2H2/c1-28(2)23-16-30(17-24(23)32-3)22-10-8-21(9-11-22)27-25(31)29-14-12-19(13-15-29)18-4-6-20(26)7-5-18;;/h4-11,19,23-24H,12-17H2,1-3H3,(H,27,31);2*1H. The molecule has 1 N–H and O–H groups in total. The van der Waals surface area contributed by atoms with Crippen LogP contribution in [0.3, 0.4) is 0 Å². The van der Waals surface area contributed by atoms with Gasteiger partial charge >= 0.3 is 6.03 Å². The number of likely N-dealkylation sites (N-methyl/N-ethyl adjacent to an activating group) is 1. The van der Waals surface area contributed by atoms with Gasteiger partial charge < -0.3 is 24.8 Å². The normalized spacial score (nSPS) is 21.9. The number of likely N-dealkylation sites (tertiary alicyclic amines) is 1. The van der Waals surface area contributed by atoms with Crippen LogP contribution >= 0.6 is 11.6 Å². The maximum absolute atomic E-state index is 12.8. The molecule has 2 aromatic carbocycles. The fourth-order valence-corrected chi connectivity index (χ4v) is 4.93. The number of hydrogen-bond donors (Lipinski definition) is 1. The first-order valence-electron chi connectivity index (χ1n) is 11.3. The minimum Gasteiger partial charge on any atom is -0.378 e. The number of benzene rings is 2. The zero-order valence-corrected chi connectivity index (χ0v) is 19.9. The summed E-state index contributed by atoms with van der Waals surface area (Å²) in [4.78, 5) is 19.2. The molecule has 0 aromatic heterocycles. The third-order valence-corrected chi connectivity index (χ3v) is 7.06. The number of nitrogens with zero attached hydrogens (tertiary/aromatic N) is 3. The molecule has 176 valence electrons. The molecule has 6 nitrogen and oxygen atoms in total. The van der Waals surface area contributed by atoms with E-state index in [1.165, 1.54) is 5.56 Å². The number of anilines is 2. The SMILES string of the molecule is COC1CN(c2ccc(NC(=O)N3CCC(c4ccc(Cl)cc4)CC3)cc2)CC1N(C)C.[HH].[HH]. The molecular weight excluding hydrogens is 424 g/mol. The largest absolute Gasteiger partial charge is 0.378 e. The fourth-order valence-electron chi connectivity index (χ4n) is 4.80. The van der Waals surface area contributed by atoms with E-state index in [0.29, 0.717) is 12.0 Å². The van der Waals surface area contributed by atoms with E-state index < -0.39 is 0 Å². The number of amides is 2. The molecule has 2 saturated heterocycles. The molecule has 2 heterocycles. The van der Waals surface area contributed by atoms with Gasteiger partial charge in [-0.15, -0.1) is 0 Å². The molecule has 2 aromatic rings. The summed E-state index contributed by atoms with van der Waals surface area (Å²) in [7, 11) is 5.97. The van der Waals surface area contributed by atoms with Crippen molar-refractivity contribution in [2.75, 3.05) is 57.6 Å². The van der Waals surface area contributed by atoms with Crippen molar-refractivity contribution < 1.29 is 12.4 Å². The van der Waals surface area contributed by atoms with Crippen LogP contribution in [0, 0.1) is 0 Å². The highest BCUT2D eigenvalue weighted by Crippen LogP contribution is 2.29. The first-order valence-corrected chi connectivity index (χ1v) is 11.7. The smallest absolute Gasteiger partial charge is 0.321 e. The monoisotopic (exact) mass is 460 g/mol. The summed E-state index contributed by atoms with van der Waals surface area (Å²) in [6.07, 6.45) is 2.13. The van der Waals surface area contributed by atoms with Gasteiger partial charge in [-0.1, -0.05) is 23.7 Å². The third kappa shape index (κ3) is 5.20. The Labute approximate surface area is 199 Å². The van der Waals surface area contributed by atoms with Gasteiger partial charge in [-0.3, -0.25) is 0 Å². The van der Waals surface area contributed by atoms with Crippen LogP contribution in [-0.2, 0) is 4.74 Å². The molecule has 0 saturated carbocycles. The Morgan fingerprint density at radius 3 is 2.28 bits per heavy atom. The van der Waals surface area contributed by atoms with Crippen LogP contribution in [0.5, 0.6) is 0 Å². The summed E-state index contributed by atoms with van der Waals surface area (Å²) < 4.78 is 5.67. The molecule has 2 aliphatic heterocycles. The number of rotatable bonds is 5. The molecule has 2 unspecified atom stereocenters. The first-order chi connectivity index (χ1) is 15.4. The van der Waals surface area contributed by atoms with E-state index in [2.05, 4.69) is 53.5 Å². The molecule has 0 spiro atoms. The summed E-state index contributed by atoms with van der Waals surface area (Å²) in [5.74, 6) is 0.484. The first kappa shape index (κ1) is 22.9. The highest BCUT2D eigenvalue weighted by Gasteiger charge is 2.34. The van der Waals surface area contributed by atoms with Gasteiger partial charge in [0.1, 0.15) is 0 Å². The second-order valence-corrected chi connectivity index (χ2v) is 9.44. The van der Waals surface area contributed by atoms with Crippen molar-refractivity contribution >= 4 is 29.0 Å². The summed E-state index contributed by atoms with van der Waals surface area (Å²) in [5.41, 5.74) is 3.28.